The van der Waals surface area contributed by atoms with Gasteiger partial charge in [-0.1, -0.05) is 19.8 Å². The van der Waals surface area contributed by atoms with Crippen LogP contribution < -0.4 is 5.32 Å². The lowest BCUT2D eigenvalue weighted by Gasteiger charge is -2.07. The summed E-state index contributed by atoms with van der Waals surface area (Å²) < 4.78 is 9.59. The number of carbonyl (C=O) groups excluding carboxylic acids is 2. The highest BCUT2D eigenvalue weighted by molar-refractivity contribution is 5.90. The topological polar surface area (TPSA) is 64.6 Å². The highest BCUT2D eigenvalue weighted by atomic mass is 16.5. The van der Waals surface area contributed by atoms with Gasteiger partial charge in [0.1, 0.15) is 0 Å². The lowest BCUT2D eigenvalue weighted by atomic mass is 10.2. The second-order valence-corrected chi connectivity index (χ2v) is 4.04. The van der Waals surface area contributed by atoms with E-state index in [0.717, 1.165) is 19.3 Å². The molecule has 0 unspecified atom stereocenters. The average molecular weight is 265 g/mol. The maximum absolute atomic E-state index is 11.4. The molecule has 0 aliphatic heterocycles. The Balaban J connectivity index is 2.40. The highest BCUT2D eigenvalue weighted by Crippen LogP contribution is 2.10. The number of hydrogen-bond donors (Lipinski definition) is 1. The number of nitrogens with one attached hydrogen (secondary N) is 1. The third-order valence-electron chi connectivity index (χ3n) is 2.53. The van der Waals surface area contributed by atoms with E-state index in [1.165, 1.54) is 7.11 Å². The highest BCUT2D eigenvalue weighted by Gasteiger charge is 2.06. The van der Waals surface area contributed by atoms with E-state index in [1.807, 2.05) is 0 Å². The summed E-state index contributed by atoms with van der Waals surface area (Å²) in [4.78, 5) is 22.6. The van der Waals surface area contributed by atoms with E-state index < -0.39 is 12.1 Å². The van der Waals surface area contributed by atoms with Gasteiger partial charge in [0, 0.05) is 5.69 Å². The standard InChI is InChI=1S/C14H19NO4/c1-3-4-5-10-19-14(17)15-12-8-6-11(7-9-12)13(16)18-2/h6-9H,3-5,10H2,1-2H3,(H,15,17). The zero-order valence-electron chi connectivity index (χ0n) is 11.3. The Morgan fingerprint density at radius 1 is 1.16 bits per heavy atom. The molecule has 1 aromatic rings. The van der Waals surface area contributed by atoms with E-state index in [2.05, 4.69) is 17.0 Å². The lowest BCUT2D eigenvalue weighted by molar-refractivity contribution is 0.0600. The fourth-order valence-electron chi connectivity index (χ4n) is 1.48. The Hall–Kier alpha value is -2.04. The predicted molar refractivity (Wildman–Crippen MR) is 72.3 cm³/mol. The molecule has 104 valence electrons. The van der Waals surface area contributed by atoms with E-state index >= 15 is 0 Å². The first-order valence-electron chi connectivity index (χ1n) is 6.29. The molecule has 5 nitrogen and oxygen atoms in total. The minimum atomic E-state index is -0.484. The van der Waals surface area contributed by atoms with Crippen LogP contribution in [0.4, 0.5) is 10.5 Å². The van der Waals surface area contributed by atoms with Crippen molar-refractivity contribution in [2.75, 3.05) is 19.0 Å². The monoisotopic (exact) mass is 265 g/mol. The Morgan fingerprint density at radius 3 is 2.42 bits per heavy atom. The van der Waals surface area contributed by atoms with Gasteiger partial charge in [-0.2, -0.15) is 0 Å². The number of hydrogen-bond acceptors (Lipinski definition) is 4. The van der Waals surface area contributed by atoms with Crippen LogP contribution in [-0.4, -0.2) is 25.8 Å². The van der Waals surface area contributed by atoms with E-state index in [-0.39, 0.29) is 0 Å². The fourth-order valence-corrected chi connectivity index (χ4v) is 1.48. The summed E-state index contributed by atoms with van der Waals surface area (Å²) in [7, 11) is 1.32. The third-order valence-corrected chi connectivity index (χ3v) is 2.53. The van der Waals surface area contributed by atoms with Gasteiger partial charge in [-0.05, 0) is 30.7 Å². The average Bonchev–Trinajstić information content (AvgIpc) is 2.43. The zero-order valence-corrected chi connectivity index (χ0v) is 11.3. The molecular formula is C14H19NO4. The van der Waals surface area contributed by atoms with Crippen LogP contribution in [0.15, 0.2) is 24.3 Å². The van der Waals surface area contributed by atoms with E-state index in [1.54, 1.807) is 24.3 Å². The summed E-state index contributed by atoms with van der Waals surface area (Å²) >= 11 is 0. The molecule has 19 heavy (non-hydrogen) atoms. The smallest absolute Gasteiger partial charge is 0.411 e. The number of methoxy groups -OCH3 is 1. The molecule has 0 spiro atoms. The first kappa shape index (κ1) is 15.0. The van der Waals surface area contributed by atoms with E-state index in [4.69, 9.17) is 4.74 Å². The molecule has 0 bridgehead atoms. The van der Waals surface area contributed by atoms with Crippen LogP contribution in [0.25, 0.3) is 0 Å². The predicted octanol–water partition coefficient (Wildman–Crippen LogP) is 3.21. The molecule has 0 atom stereocenters. The minimum absolute atomic E-state index is 0.409. The van der Waals surface area contributed by atoms with Crippen molar-refractivity contribution in [1.82, 2.24) is 0 Å². The van der Waals surface area contributed by atoms with Crippen molar-refractivity contribution < 1.29 is 19.1 Å². The molecule has 5 heteroatoms. The Bertz CT molecular complexity index is 414. The van der Waals surface area contributed by atoms with Gasteiger partial charge in [-0.25, -0.2) is 9.59 Å². The van der Waals surface area contributed by atoms with Gasteiger partial charge in [0.2, 0.25) is 0 Å². The van der Waals surface area contributed by atoms with E-state index in [9.17, 15) is 9.59 Å². The first-order valence-corrected chi connectivity index (χ1v) is 6.29. The van der Waals surface area contributed by atoms with Gasteiger partial charge >= 0.3 is 12.1 Å². The summed E-state index contributed by atoms with van der Waals surface area (Å²) in [6.45, 7) is 2.50. The molecular weight excluding hydrogens is 246 g/mol. The number of unbranched alkanes of at least 4 members (excludes halogenated alkanes) is 2. The minimum Gasteiger partial charge on any atom is -0.465 e. The Labute approximate surface area is 112 Å². The molecule has 1 amide bonds. The summed E-state index contributed by atoms with van der Waals surface area (Å²) in [5.74, 6) is -0.409. The maximum atomic E-state index is 11.4. The van der Waals surface area contributed by atoms with Crippen LogP contribution in [0.5, 0.6) is 0 Å². The Kier molecular flexibility index (Phi) is 6.43. The third kappa shape index (κ3) is 5.42. The van der Waals surface area contributed by atoms with Gasteiger partial charge in [-0.3, -0.25) is 5.32 Å². The zero-order chi connectivity index (χ0) is 14.1. The van der Waals surface area contributed by atoms with E-state index in [0.29, 0.717) is 17.9 Å². The number of esters is 1. The summed E-state index contributed by atoms with van der Waals surface area (Å²) in [5, 5.41) is 2.59. The van der Waals surface area contributed by atoms with Gasteiger partial charge in [-0.15, -0.1) is 0 Å². The summed E-state index contributed by atoms with van der Waals surface area (Å²) in [6, 6.07) is 6.41. The molecule has 0 radical (unpaired) electrons. The quantitative estimate of drug-likeness (QED) is 0.633. The summed E-state index contributed by atoms with van der Waals surface area (Å²) in [5.41, 5.74) is 1.01. The fraction of sp³-hybridized carbons (Fsp3) is 0.429. The van der Waals surface area contributed by atoms with Crippen molar-refractivity contribution >= 4 is 17.7 Å². The molecule has 0 saturated heterocycles. The van der Waals surface area contributed by atoms with Crippen LogP contribution in [0, 0.1) is 0 Å². The van der Waals surface area contributed by atoms with Gasteiger partial charge in [0.15, 0.2) is 0 Å². The Morgan fingerprint density at radius 2 is 1.84 bits per heavy atom. The first-order chi connectivity index (χ1) is 9.17. The second-order valence-electron chi connectivity index (χ2n) is 4.04. The van der Waals surface area contributed by atoms with Crippen molar-refractivity contribution in [2.45, 2.75) is 26.2 Å². The van der Waals surface area contributed by atoms with Crippen LogP contribution in [0.1, 0.15) is 36.5 Å². The lowest BCUT2D eigenvalue weighted by Crippen LogP contribution is -2.14. The number of carbonyl (C=O) groups is 2. The molecule has 0 saturated carbocycles. The normalized spacial score (nSPS) is 9.79. The number of amides is 1. The van der Waals surface area contributed by atoms with Crippen LogP contribution >= 0.6 is 0 Å². The number of rotatable bonds is 6. The van der Waals surface area contributed by atoms with Gasteiger partial charge in [0.25, 0.3) is 0 Å². The molecule has 1 aromatic carbocycles. The number of benzene rings is 1. The maximum Gasteiger partial charge on any atom is 0.411 e. The van der Waals surface area contributed by atoms with Crippen molar-refractivity contribution in [1.29, 1.82) is 0 Å². The molecule has 0 fully saturated rings. The van der Waals surface area contributed by atoms with Crippen molar-refractivity contribution in [2.24, 2.45) is 0 Å². The van der Waals surface area contributed by atoms with Crippen molar-refractivity contribution in [3.05, 3.63) is 29.8 Å². The molecule has 1 N–H and O–H groups in total. The van der Waals surface area contributed by atoms with Crippen LogP contribution in [0.2, 0.25) is 0 Å². The largest absolute Gasteiger partial charge is 0.465 e. The van der Waals surface area contributed by atoms with Crippen LogP contribution in [-0.2, 0) is 9.47 Å². The number of anilines is 1. The molecule has 0 aliphatic carbocycles. The molecule has 0 heterocycles. The van der Waals surface area contributed by atoms with Gasteiger partial charge in [0.05, 0.1) is 19.3 Å². The SMILES string of the molecule is CCCCCOC(=O)Nc1ccc(C(=O)OC)cc1. The second kappa shape index (κ2) is 8.13. The molecule has 0 aliphatic rings. The number of ether oxygens (including phenoxy) is 2. The molecule has 0 aromatic heterocycles. The molecule has 1 rings (SSSR count). The van der Waals surface area contributed by atoms with Crippen molar-refractivity contribution in [3.63, 3.8) is 0 Å². The summed E-state index contributed by atoms with van der Waals surface area (Å²) in [6.07, 6.45) is 2.51. The van der Waals surface area contributed by atoms with Gasteiger partial charge < -0.3 is 9.47 Å². The van der Waals surface area contributed by atoms with Crippen LogP contribution in [0.3, 0.4) is 0 Å². The van der Waals surface area contributed by atoms with Crippen molar-refractivity contribution in [3.8, 4) is 0 Å².